The minimum Gasteiger partial charge on any atom is -0.468 e. The molecule has 3 rings (SSSR count). The summed E-state index contributed by atoms with van der Waals surface area (Å²) in [4.78, 5) is 40.0. The standard InChI is InChI=1S/C19H21N3O4/c1-12-6-7-13-14(9-12)19(25)22(18(13)24)11-17(23)20-10-15(21(2)3)16-5-4-8-26-16/h4-9,15H,10-11H2,1-3H3,(H,20,23). The van der Waals surface area contributed by atoms with E-state index in [0.717, 1.165) is 16.2 Å². The first-order chi connectivity index (χ1) is 12.4. The number of likely N-dealkylation sites (N-methyl/N-ethyl adjacent to an activating group) is 1. The van der Waals surface area contributed by atoms with Gasteiger partial charge >= 0.3 is 0 Å². The molecule has 1 aliphatic heterocycles. The number of benzene rings is 1. The predicted molar refractivity (Wildman–Crippen MR) is 94.7 cm³/mol. The Labute approximate surface area is 151 Å². The highest BCUT2D eigenvalue weighted by molar-refractivity contribution is 6.22. The maximum Gasteiger partial charge on any atom is 0.262 e. The highest BCUT2D eigenvalue weighted by Gasteiger charge is 2.36. The average molecular weight is 355 g/mol. The van der Waals surface area contributed by atoms with Crippen molar-refractivity contribution >= 4 is 17.7 Å². The Balaban J connectivity index is 1.64. The Hall–Kier alpha value is -2.93. The number of imide groups is 1. The first-order valence-electron chi connectivity index (χ1n) is 8.32. The number of carbonyl (C=O) groups is 3. The van der Waals surface area contributed by atoms with Gasteiger partial charge in [0, 0.05) is 6.54 Å². The van der Waals surface area contributed by atoms with Gasteiger partial charge in [-0.3, -0.25) is 24.2 Å². The summed E-state index contributed by atoms with van der Waals surface area (Å²) in [5.41, 5.74) is 1.59. The van der Waals surface area contributed by atoms with Crippen molar-refractivity contribution in [1.82, 2.24) is 15.1 Å². The Morgan fingerprint density at radius 2 is 1.92 bits per heavy atom. The molecule has 0 saturated heterocycles. The molecule has 1 N–H and O–H groups in total. The van der Waals surface area contributed by atoms with Crippen LogP contribution in [0.5, 0.6) is 0 Å². The normalized spacial score (nSPS) is 14.7. The second-order valence-corrected chi connectivity index (χ2v) is 6.54. The molecule has 1 aromatic heterocycles. The van der Waals surface area contributed by atoms with Gasteiger partial charge in [0.05, 0.1) is 23.4 Å². The number of nitrogens with zero attached hydrogens (tertiary/aromatic N) is 2. The van der Waals surface area contributed by atoms with E-state index in [9.17, 15) is 14.4 Å². The van der Waals surface area contributed by atoms with Crippen molar-refractivity contribution in [2.24, 2.45) is 0 Å². The zero-order valence-corrected chi connectivity index (χ0v) is 15.0. The summed E-state index contributed by atoms with van der Waals surface area (Å²) in [6, 6.07) is 8.56. The van der Waals surface area contributed by atoms with E-state index in [0.29, 0.717) is 17.7 Å². The van der Waals surface area contributed by atoms with Gasteiger partial charge in [0.25, 0.3) is 11.8 Å². The van der Waals surface area contributed by atoms with Gasteiger partial charge in [-0.25, -0.2) is 0 Å². The van der Waals surface area contributed by atoms with Crippen LogP contribution in [-0.2, 0) is 4.79 Å². The van der Waals surface area contributed by atoms with Crippen LogP contribution in [0.1, 0.15) is 38.1 Å². The maximum absolute atomic E-state index is 12.4. The Bertz CT molecular complexity index is 842. The lowest BCUT2D eigenvalue weighted by atomic mass is 10.1. The monoisotopic (exact) mass is 355 g/mol. The SMILES string of the molecule is Cc1ccc2c(c1)C(=O)N(CC(=O)NCC(c1ccco1)N(C)C)C2=O. The third kappa shape index (κ3) is 3.39. The first-order valence-corrected chi connectivity index (χ1v) is 8.32. The van der Waals surface area contributed by atoms with Crippen LogP contribution in [-0.4, -0.2) is 54.7 Å². The molecule has 0 aliphatic carbocycles. The molecule has 0 spiro atoms. The lowest BCUT2D eigenvalue weighted by Gasteiger charge is -2.23. The molecule has 0 fully saturated rings. The number of amides is 3. The molecule has 1 unspecified atom stereocenters. The van der Waals surface area contributed by atoms with E-state index in [2.05, 4.69) is 5.32 Å². The first kappa shape index (κ1) is 17.9. The molecule has 0 bridgehead atoms. The van der Waals surface area contributed by atoms with E-state index < -0.39 is 17.7 Å². The number of fused-ring (bicyclic) bond motifs is 1. The van der Waals surface area contributed by atoms with Crippen molar-refractivity contribution in [2.45, 2.75) is 13.0 Å². The van der Waals surface area contributed by atoms with Crippen molar-refractivity contribution in [3.05, 3.63) is 59.0 Å². The van der Waals surface area contributed by atoms with Gasteiger partial charge in [-0.05, 0) is 45.3 Å². The molecule has 2 aromatic rings. The summed E-state index contributed by atoms with van der Waals surface area (Å²) < 4.78 is 5.40. The van der Waals surface area contributed by atoms with Crippen molar-refractivity contribution in [3.63, 3.8) is 0 Å². The van der Waals surface area contributed by atoms with Gasteiger partial charge in [0.1, 0.15) is 12.3 Å². The highest BCUT2D eigenvalue weighted by Crippen LogP contribution is 2.23. The molecule has 136 valence electrons. The molecule has 1 aromatic carbocycles. The number of nitrogens with one attached hydrogen (secondary N) is 1. The van der Waals surface area contributed by atoms with Crippen LogP contribution in [0.4, 0.5) is 0 Å². The summed E-state index contributed by atoms with van der Waals surface area (Å²) in [6.45, 7) is 1.86. The molecule has 0 radical (unpaired) electrons. The van der Waals surface area contributed by atoms with Crippen LogP contribution in [0.2, 0.25) is 0 Å². The third-order valence-corrected chi connectivity index (χ3v) is 4.42. The molecule has 0 saturated carbocycles. The predicted octanol–water partition coefficient (Wildman–Crippen LogP) is 1.60. The van der Waals surface area contributed by atoms with Crippen LogP contribution >= 0.6 is 0 Å². The van der Waals surface area contributed by atoms with E-state index in [1.165, 1.54) is 0 Å². The topological polar surface area (TPSA) is 82.9 Å². The molecule has 2 heterocycles. The fraction of sp³-hybridized carbons (Fsp3) is 0.316. The van der Waals surface area contributed by atoms with Gasteiger partial charge in [0.2, 0.25) is 5.91 Å². The molecule has 3 amide bonds. The molecule has 7 heteroatoms. The average Bonchev–Trinajstić information content (AvgIpc) is 3.19. The van der Waals surface area contributed by atoms with Crippen molar-refractivity contribution in [1.29, 1.82) is 0 Å². The smallest absolute Gasteiger partial charge is 0.262 e. The summed E-state index contributed by atoms with van der Waals surface area (Å²) in [7, 11) is 3.76. The van der Waals surface area contributed by atoms with Gasteiger partial charge in [0.15, 0.2) is 0 Å². The Kier molecular flexibility index (Phi) is 4.90. The molecule has 1 aliphatic rings. The number of hydrogen-bond donors (Lipinski definition) is 1. The largest absolute Gasteiger partial charge is 0.468 e. The number of carbonyl (C=O) groups excluding carboxylic acids is 3. The molecular formula is C19H21N3O4. The second-order valence-electron chi connectivity index (χ2n) is 6.54. The maximum atomic E-state index is 12.4. The number of furan rings is 1. The second kappa shape index (κ2) is 7.13. The highest BCUT2D eigenvalue weighted by atomic mass is 16.3. The van der Waals surface area contributed by atoms with E-state index in [4.69, 9.17) is 4.42 Å². The number of rotatable bonds is 6. The van der Waals surface area contributed by atoms with Gasteiger partial charge in [-0.15, -0.1) is 0 Å². The van der Waals surface area contributed by atoms with E-state index in [-0.39, 0.29) is 12.6 Å². The van der Waals surface area contributed by atoms with E-state index in [1.807, 2.05) is 32.0 Å². The number of aryl methyl sites for hydroxylation is 1. The summed E-state index contributed by atoms with van der Waals surface area (Å²) in [6.07, 6.45) is 1.58. The number of hydrogen-bond acceptors (Lipinski definition) is 5. The Morgan fingerprint density at radius 3 is 2.58 bits per heavy atom. The van der Waals surface area contributed by atoms with Crippen LogP contribution in [0.15, 0.2) is 41.0 Å². The summed E-state index contributed by atoms with van der Waals surface area (Å²) in [5.74, 6) is -0.532. The van der Waals surface area contributed by atoms with Gasteiger partial charge in [-0.1, -0.05) is 11.6 Å². The van der Waals surface area contributed by atoms with Crippen LogP contribution in [0.25, 0.3) is 0 Å². The third-order valence-electron chi connectivity index (χ3n) is 4.42. The quantitative estimate of drug-likeness (QED) is 0.796. The van der Waals surface area contributed by atoms with Crippen molar-refractivity contribution in [3.8, 4) is 0 Å². The van der Waals surface area contributed by atoms with Gasteiger partial charge < -0.3 is 9.73 Å². The fourth-order valence-corrected chi connectivity index (χ4v) is 2.98. The van der Waals surface area contributed by atoms with Gasteiger partial charge in [-0.2, -0.15) is 0 Å². The van der Waals surface area contributed by atoms with Crippen LogP contribution < -0.4 is 5.32 Å². The minimum atomic E-state index is -0.435. The lowest BCUT2D eigenvalue weighted by molar-refractivity contribution is -0.121. The summed E-state index contributed by atoms with van der Waals surface area (Å²) >= 11 is 0. The lowest BCUT2D eigenvalue weighted by Crippen LogP contribution is -2.42. The zero-order valence-electron chi connectivity index (χ0n) is 15.0. The molecular weight excluding hydrogens is 334 g/mol. The summed E-state index contributed by atoms with van der Waals surface area (Å²) in [5, 5.41) is 2.77. The van der Waals surface area contributed by atoms with Crippen LogP contribution in [0.3, 0.4) is 0 Å². The van der Waals surface area contributed by atoms with E-state index >= 15 is 0 Å². The van der Waals surface area contributed by atoms with Crippen LogP contribution in [0, 0.1) is 6.92 Å². The van der Waals surface area contributed by atoms with Crippen molar-refractivity contribution < 1.29 is 18.8 Å². The van der Waals surface area contributed by atoms with E-state index in [1.54, 1.807) is 30.5 Å². The zero-order chi connectivity index (χ0) is 18.8. The minimum absolute atomic E-state index is 0.140. The Morgan fingerprint density at radius 1 is 1.19 bits per heavy atom. The molecule has 7 nitrogen and oxygen atoms in total. The van der Waals surface area contributed by atoms with Crippen molar-refractivity contribution in [2.75, 3.05) is 27.2 Å². The molecule has 1 atom stereocenters. The fourth-order valence-electron chi connectivity index (χ4n) is 2.98. The molecule has 26 heavy (non-hydrogen) atoms.